The molecule has 1 atom stereocenters. The lowest BCUT2D eigenvalue weighted by atomic mass is 10.0. The van der Waals surface area contributed by atoms with Gasteiger partial charge in [-0.2, -0.15) is 0 Å². The van der Waals surface area contributed by atoms with E-state index in [1.165, 1.54) is 0 Å². The molecule has 0 saturated heterocycles. The minimum absolute atomic E-state index is 0.223. The number of aliphatic carboxylic acids is 1. The summed E-state index contributed by atoms with van der Waals surface area (Å²) in [5.41, 5.74) is 5.09. The molecule has 0 aromatic heterocycles. The molecule has 0 radical (unpaired) electrons. The van der Waals surface area contributed by atoms with Crippen LogP contribution in [0.15, 0.2) is 0 Å². The smallest absolute Gasteiger partial charge is 0.320 e. The lowest BCUT2D eigenvalue weighted by Gasteiger charge is -2.25. The molecular formula is C9H18N2O2S. The predicted octanol–water partition coefficient (Wildman–Crippen LogP) is 0.894. The fourth-order valence-electron chi connectivity index (χ4n) is 1.07. The Labute approximate surface area is 89.9 Å². The maximum absolute atomic E-state index is 10.8. The normalized spacial score (nSPS) is 13.6. The maximum Gasteiger partial charge on any atom is 0.320 e. The first-order chi connectivity index (χ1) is 6.22. The van der Waals surface area contributed by atoms with Crippen molar-refractivity contribution in [3.8, 4) is 0 Å². The molecule has 0 spiro atoms. The minimum Gasteiger partial charge on any atom is -0.480 e. The SMILES string of the molecule is CC(C)(C)NC(CCC(N)=S)C(=O)O. The van der Waals surface area contributed by atoms with Crippen molar-refractivity contribution in [3.63, 3.8) is 0 Å². The molecule has 4 nitrogen and oxygen atoms in total. The molecule has 0 heterocycles. The van der Waals surface area contributed by atoms with E-state index in [0.717, 1.165) is 0 Å². The second-order valence-corrected chi connectivity index (χ2v) is 4.81. The number of hydrogen-bond acceptors (Lipinski definition) is 3. The molecule has 1 unspecified atom stereocenters. The molecular weight excluding hydrogens is 200 g/mol. The Morgan fingerprint density at radius 3 is 2.36 bits per heavy atom. The van der Waals surface area contributed by atoms with Crippen molar-refractivity contribution in [2.45, 2.75) is 45.2 Å². The first-order valence-electron chi connectivity index (χ1n) is 4.51. The van der Waals surface area contributed by atoms with Crippen LogP contribution < -0.4 is 11.1 Å². The Bertz CT molecular complexity index is 223. The van der Waals surface area contributed by atoms with Crippen molar-refractivity contribution in [1.82, 2.24) is 5.32 Å². The van der Waals surface area contributed by atoms with E-state index in [2.05, 4.69) is 5.32 Å². The summed E-state index contributed by atoms with van der Waals surface area (Å²) in [5.74, 6) is -0.865. The third-order valence-electron chi connectivity index (χ3n) is 1.58. The van der Waals surface area contributed by atoms with Gasteiger partial charge in [0.1, 0.15) is 6.04 Å². The zero-order chi connectivity index (χ0) is 11.4. The fourth-order valence-corrected chi connectivity index (χ4v) is 1.18. The lowest BCUT2D eigenvalue weighted by Crippen LogP contribution is -2.48. The summed E-state index contributed by atoms with van der Waals surface area (Å²) < 4.78 is 0. The third-order valence-corrected chi connectivity index (χ3v) is 1.79. The Morgan fingerprint density at radius 2 is 2.07 bits per heavy atom. The van der Waals surface area contributed by atoms with E-state index in [0.29, 0.717) is 17.8 Å². The molecule has 0 aromatic carbocycles. The van der Waals surface area contributed by atoms with Crippen LogP contribution in [-0.4, -0.2) is 27.6 Å². The zero-order valence-electron chi connectivity index (χ0n) is 8.83. The van der Waals surface area contributed by atoms with E-state index in [9.17, 15) is 4.79 Å². The Morgan fingerprint density at radius 1 is 1.57 bits per heavy atom. The van der Waals surface area contributed by atoms with Gasteiger partial charge in [0.25, 0.3) is 0 Å². The highest BCUT2D eigenvalue weighted by Gasteiger charge is 2.22. The van der Waals surface area contributed by atoms with Gasteiger partial charge < -0.3 is 10.8 Å². The summed E-state index contributed by atoms with van der Waals surface area (Å²) in [4.78, 5) is 11.2. The van der Waals surface area contributed by atoms with Gasteiger partial charge in [0.15, 0.2) is 0 Å². The minimum atomic E-state index is -0.865. The van der Waals surface area contributed by atoms with E-state index in [-0.39, 0.29) is 5.54 Å². The molecule has 0 aliphatic carbocycles. The van der Waals surface area contributed by atoms with Gasteiger partial charge in [0.05, 0.1) is 4.99 Å². The number of hydrogen-bond donors (Lipinski definition) is 3. The van der Waals surface area contributed by atoms with Gasteiger partial charge in [0, 0.05) is 5.54 Å². The molecule has 0 aliphatic heterocycles. The number of nitrogens with two attached hydrogens (primary N) is 1. The summed E-state index contributed by atoms with van der Waals surface area (Å²) in [6, 6.07) is -0.587. The van der Waals surface area contributed by atoms with Gasteiger partial charge in [-0.15, -0.1) is 0 Å². The standard InChI is InChI=1S/C9H18N2O2S/c1-9(2,3)11-6(8(12)13)4-5-7(10)14/h6,11H,4-5H2,1-3H3,(H2,10,14)(H,12,13). The summed E-state index contributed by atoms with van der Waals surface area (Å²) in [5, 5.41) is 11.9. The number of carboxylic acid groups (broad SMARTS) is 1. The van der Waals surface area contributed by atoms with Crippen molar-refractivity contribution >= 4 is 23.2 Å². The van der Waals surface area contributed by atoms with Gasteiger partial charge >= 0.3 is 5.97 Å². The van der Waals surface area contributed by atoms with E-state index < -0.39 is 12.0 Å². The van der Waals surface area contributed by atoms with Crippen LogP contribution in [0.1, 0.15) is 33.6 Å². The van der Waals surface area contributed by atoms with Gasteiger partial charge in [-0.1, -0.05) is 12.2 Å². The van der Waals surface area contributed by atoms with Crippen LogP contribution in [0.3, 0.4) is 0 Å². The number of rotatable bonds is 5. The van der Waals surface area contributed by atoms with Gasteiger partial charge in [0.2, 0.25) is 0 Å². The quantitative estimate of drug-likeness (QED) is 0.598. The number of carbonyl (C=O) groups is 1. The van der Waals surface area contributed by atoms with E-state index in [4.69, 9.17) is 23.1 Å². The van der Waals surface area contributed by atoms with Crippen LogP contribution in [0.25, 0.3) is 0 Å². The first kappa shape index (κ1) is 13.3. The molecule has 0 aromatic rings. The number of nitrogens with one attached hydrogen (secondary N) is 1. The average Bonchev–Trinajstić information content (AvgIpc) is 1.94. The zero-order valence-corrected chi connectivity index (χ0v) is 9.65. The largest absolute Gasteiger partial charge is 0.480 e. The maximum atomic E-state index is 10.8. The fraction of sp³-hybridized carbons (Fsp3) is 0.778. The molecule has 0 bridgehead atoms. The second-order valence-electron chi connectivity index (χ2n) is 4.29. The van der Waals surface area contributed by atoms with E-state index >= 15 is 0 Å². The highest BCUT2D eigenvalue weighted by atomic mass is 32.1. The molecule has 0 saturated carbocycles. The lowest BCUT2D eigenvalue weighted by molar-refractivity contribution is -0.140. The molecule has 0 fully saturated rings. The molecule has 82 valence electrons. The summed E-state index contributed by atoms with van der Waals surface area (Å²) in [6.07, 6.45) is 0.886. The molecule has 4 N–H and O–H groups in total. The van der Waals surface area contributed by atoms with Crippen molar-refractivity contribution in [1.29, 1.82) is 0 Å². The van der Waals surface area contributed by atoms with Crippen LogP contribution in [0.2, 0.25) is 0 Å². The monoisotopic (exact) mass is 218 g/mol. The van der Waals surface area contributed by atoms with E-state index in [1.54, 1.807) is 0 Å². The average molecular weight is 218 g/mol. The summed E-state index contributed by atoms with van der Waals surface area (Å²) in [7, 11) is 0. The second kappa shape index (κ2) is 5.26. The molecule has 0 amide bonds. The summed E-state index contributed by atoms with van der Waals surface area (Å²) >= 11 is 4.70. The third kappa shape index (κ3) is 6.80. The number of thiocarbonyl (C=S) groups is 1. The summed E-state index contributed by atoms with van der Waals surface area (Å²) in [6.45, 7) is 5.76. The van der Waals surface area contributed by atoms with Crippen molar-refractivity contribution in [3.05, 3.63) is 0 Å². The van der Waals surface area contributed by atoms with Crippen molar-refractivity contribution in [2.75, 3.05) is 0 Å². The highest BCUT2D eigenvalue weighted by molar-refractivity contribution is 7.80. The first-order valence-corrected chi connectivity index (χ1v) is 4.92. The van der Waals surface area contributed by atoms with Crippen LogP contribution in [0, 0.1) is 0 Å². The topological polar surface area (TPSA) is 75.3 Å². The van der Waals surface area contributed by atoms with Crippen LogP contribution in [0.5, 0.6) is 0 Å². The number of carboxylic acids is 1. The van der Waals surface area contributed by atoms with Crippen LogP contribution in [-0.2, 0) is 4.79 Å². The van der Waals surface area contributed by atoms with Crippen LogP contribution >= 0.6 is 12.2 Å². The van der Waals surface area contributed by atoms with Gasteiger partial charge in [-0.05, 0) is 33.6 Å². The highest BCUT2D eigenvalue weighted by Crippen LogP contribution is 2.06. The van der Waals surface area contributed by atoms with Gasteiger partial charge in [-0.25, -0.2) is 0 Å². The van der Waals surface area contributed by atoms with Gasteiger partial charge in [-0.3, -0.25) is 10.1 Å². The Hall–Kier alpha value is -0.680. The van der Waals surface area contributed by atoms with Crippen molar-refractivity contribution < 1.29 is 9.90 Å². The molecule has 14 heavy (non-hydrogen) atoms. The predicted molar refractivity (Wildman–Crippen MR) is 60.3 cm³/mol. The molecule has 0 aliphatic rings. The molecule has 0 rings (SSSR count). The van der Waals surface area contributed by atoms with Crippen LogP contribution in [0.4, 0.5) is 0 Å². The molecule has 5 heteroatoms. The Balaban J connectivity index is 4.17. The van der Waals surface area contributed by atoms with E-state index in [1.807, 2.05) is 20.8 Å². The Kier molecular flexibility index (Phi) is 5.01. The van der Waals surface area contributed by atoms with Crippen molar-refractivity contribution in [2.24, 2.45) is 5.73 Å².